The molecule has 1 saturated heterocycles. The van der Waals surface area contributed by atoms with E-state index in [9.17, 15) is 9.59 Å². The predicted molar refractivity (Wildman–Crippen MR) is 69.1 cm³/mol. The maximum atomic E-state index is 11.9. The van der Waals surface area contributed by atoms with Crippen LogP contribution >= 0.6 is 0 Å². The van der Waals surface area contributed by atoms with E-state index in [2.05, 4.69) is 5.32 Å². The molecule has 1 aliphatic rings. The lowest BCUT2D eigenvalue weighted by molar-refractivity contribution is -0.138. The number of amides is 2. The summed E-state index contributed by atoms with van der Waals surface area (Å²) in [5, 5.41) is 2.75. The van der Waals surface area contributed by atoms with Crippen LogP contribution in [0, 0.1) is 0 Å². The molecule has 1 rings (SSSR count). The average Bonchev–Trinajstić information content (AvgIpc) is 2.33. The molecule has 18 heavy (non-hydrogen) atoms. The van der Waals surface area contributed by atoms with Crippen LogP contribution in [-0.2, 0) is 14.3 Å². The third-order valence-electron chi connectivity index (χ3n) is 3.04. The Bertz CT molecular complexity index is 281. The third-order valence-corrected chi connectivity index (χ3v) is 3.04. The van der Waals surface area contributed by atoms with Crippen LogP contribution in [-0.4, -0.2) is 49.1 Å². The van der Waals surface area contributed by atoms with Crippen LogP contribution in [0.5, 0.6) is 0 Å². The lowest BCUT2D eigenvalue weighted by Gasteiger charge is -2.31. The van der Waals surface area contributed by atoms with Gasteiger partial charge in [-0.2, -0.15) is 0 Å². The molecule has 104 valence electrons. The van der Waals surface area contributed by atoms with E-state index in [4.69, 9.17) is 4.74 Å². The maximum Gasteiger partial charge on any atom is 0.222 e. The van der Waals surface area contributed by atoms with Gasteiger partial charge in [0, 0.05) is 33.0 Å². The Labute approximate surface area is 109 Å². The fraction of sp³-hybridized carbons (Fsp3) is 0.846. The molecule has 1 N–H and O–H groups in total. The lowest BCUT2D eigenvalue weighted by atomic mass is 10.1. The van der Waals surface area contributed by atoms with Crippen molar-refractivity contribution in [3.63, 3.8) is 0 Å². The van der Waals surface area contributed by atoms with Gasteiger partial charge in [0.2, 0.25) is 11.8 Å². The lowest BCUT2D eigenvalue weighted by Crippen LogP contribution is -2.44. The standard InChI is InChI=1S/C13H24N2O3/c1-11-10-15(8-9-18-11)13(17)6-4-3-5-7-14-12(2)16/h11H,3-10H2,1-2H3,(H,14,16)/t11-/m1/s1. The predicted octanol–water partition coefficient (Wildman–Crippen LogP) is 0.930. The van der Waals surface area contributed by atoms with Crippen LogP contribution in [0.4, 0.5) is 0 Å². The molecule has 0 aromatic heterocycles. The minimum absolute atomic E-state index is 0.00776. The summed E-state index contributed by atoms with van der Waals surface area (Å²) in [6.45, 7) is 6.29. The summed E-state index contributed by atoms with van der Waals surface area (Å²) >= 11 is 0. The highest BCUT2D eigenvalue weighted by molar-refractivity contribution is 5.76. The van der Waals surface area contributed by atoms with E-state index in [-0.39, 0.29) is 17.9 Å². The highest BCUT2D eigenvalue weighted by Gasteiger charge is 2.20. The molecule has 0 bridgehead atoms. The van der Waals surface area contributed by atoms with E-state index >= 15 is 0 Å². The fourth-order valence-electron chi connectivity index (χ4n) is 2.05. The number of carbonyl (C=O) groups excluding carboxylic acids is 2. The van der Waals surface area contributed by atoms with Crippen LogP contribution in [0.15, 0.2) is 0 Å². The van der Waals surface area contributed by atoms with E-state index in [1.807, 2.05) is 11.8 Å². The second kappa shape index (κ2) is 8.08. The molecule has 1 atom stereocenters. The second-order valence-electron chi connectivity index (χ2n) is 4.81. The van der Waals surface area contributed by atoms with Gasteiger partial charge in [-0.05, 0) is 19.8 Å². The van der Waals surface area contributed by atoms with Gasteiger partial charge in [0.1, 0.15) is 0 Å². The van der Waals surface area contributed by atoms with Gasteiger partial charge < -0.3 is 15.0 Å². The first-order chi connectivity index (χ1) is 8.59. The molecule has 1 heterocycles. The van der Waals surface area contributed by atoms with E-state index < -0.39 is 0 Å². The SMILES string of the molecule is CC(=O)NCCCCCC(=O)N1CCO[C@H](C)C1. The van der Waals surface area contributed by atoms with E-state index in [0.29, 0.717) is 26.1 Å². The number of hydrogen-bond acceptors (Lipinski definition) is 3. The summed E-state index contributed by atoms with van der Waals surface area (Å²) in [4.78, 5) is 24.4. The number of ether oxygens (including phenoxy) is 1. The molecule has 0 saturated carbocycles. The monoisotopic (exact) mass is 256 g/mol. The minimum atomic E-state index is 0.00776. The summed E-state index contributed by atoms with van der Waals surface area (Å²) in [6.07, 6.45) is 3.57. The molecular weight excluding hydrogens is 232 g/mol. The Kier molecular flexibility index (Phi) is 6.72. The van der Waals surface area contributed by atoms with Crippen molar-refractivity contribution in [3.8, 4) is 0 Å². The summed E-state index contributed by atoms with van der Waals surface area (Å²) in [6, 6.07) is 0. The van der Waals surface area contributed by atoms with E-state index in [0.717, 1.165) is 25.8 Å². The van der Waals surface area contributed by atoms with Crippen molar-refractivity contribution in [2.45, 2.75) is 45.6 Å². The highest BCUT2D eigenvalue weighted by Crippen LogP contribution is 2.08. The first-order valence-corrected chi connectivity index (χ1v) is 6.73. The molecule has 0 aromatic carbocycles. The summed E-state index contributed by atoms with van der Waals surface area (Å²) in [5.74, 6) is 0.234. The third kappa shape index (κ3) is 6.00. The van der Waals surface area contributed by atoms with Crippen molar-refractivity contribution in [2.24, 2.45) is 0 Å². The van der Waals surface area contributed by atoms with Crippen molar-refractivity contribution in [3.05, 3.63) is 0 Å². The van der Waals surface area contributed by atoms with Gasteiger partial charge in [0.25, 0.3) is 0 Å². The fourth-order valence-corrected chi connectivity index (χ4v) is 2.05. The highest BCUT2D eigenvalue weighted by atomic mass is 16.5. The molecule has 5 heteroatoms. The molecular formula is C13H24N2O3. The van der Waals surface area contributed by atoms with Crippen molar-refractivity contribution < 1.29 is 14.3 Å². The number of unbranched alkanes of at least 4 members (excludes halogenated alkanes) is 2. The molecule has 0 spiro atoms. The Morgan fingerprint density at radius 1 is 1.33 bits per heavy atom. The van der Waals surface area contributed by atoms with Crippen LogP contribution in [0.3, 0.4) is 0 Å². The maximum absolute atomic E-state index is 11.9. The van der Waals surface area contributed by atoms with E-state index in [1.165, 1.54) is 6.92 Å². The molecule has 0 aromatic rings. The molecule has 5 nitrogen and oxygen atoms in total. The molecule has 1 fully saturated rings. The number of hydrogen-bond donors (Lipinski definition) is 1. The Balaban J connectivity index is 2.04. The molecule has 0 aliphatic carbocycles. The Morgan fingerprint density at radius 3 is 2.78 bits per heavy atom. The van der Waals surface area contributed by atoms with Crippen LogP contribution in [0.2, 0.25) is 0 Å². The number of morpholine rings is 1. The van der Waals surface area contributed by atoms with Gasteiger partial charge in [-0.3, -0.25) is 9.59 Å². The normalized spacial score (nSPS) is 19.7. The molecule has 1 aliphatic heterocycles. The van der Waals surface area contributed by atoms with E-state index in [1.54, 1.807) is 0 Å². The molecule has 0 unspecified atom stereocenters. The van der Waals surface area contributed by atoms with Crippen molar-refractivity contribution >= 4 is 11.8 Å². The number of carbonyl (C=O) groups is 2. The van der Waals surface area contributed by atoms with Gasteiger partial charge in [0.15, 0.2) is 0 Å². The molecule has 2 amide bonds. The average molecular weight is 256 g/mol. The Hall–Kier alpha value is -1.10. The Morgan fingerprint density at radius 2 is 2.11 bits per heavy atom. The first-order valence-electron chi connectivity index (χ1n) is 6.73. The first kappa shape index (κ1) is 15.0. The van der Waals surface area contributed by atoms with Crippen molar-refractivity contribution in [1.82, 2.24) is 10.2 Å². The van der Waals surface area contributed by atoms with Crippen molar-refractivity contribution in [1.29, 1.82) is 0 Å². The van der Waals surface area contributed by atoms with Crippen LogP contribution in [0.25, 0.3) is 0 Å². The zero-order chi connectivity index (χ0) is 13.4. The van der Waals surface area contributed by atoms with Gasteiger partial charge in [-0.15, -0.1) is 0 Å². The number of nitrogens with zero attached hydrogens (tertiary/aromatic N) is 1. The minimum Gasteiger partial charge on any atom is -0.375 e. The summed E-state index contributed by atoms with van der Waals surface area (Å²) < 4.78 is 5.40. The van der Waals surface area contributed by atoms with Gasteiger partial charge >= 0.3 is 0 Å². The summed E-state index contributed by atoms with van der Waals surface area (Å²) in [5.41, 5.74) is 0. The van der Waals surface area contributed by atoms with Crippen LogP contribution < -0.4 is 5.32 Å². The van der Waals surface area contributed by atoms with Gasteiger partial charge in [-0.25, -0.2) is 0 Å². The number of nitrogens with one attached hydrogen (secondary N) is 1. The topological polar surface area (TPSA) is 58.6 Å². The quantitative estimate of drug-likeness (QED) is 0.719. The smallest absolute Gasteiger partial charge is 0.222 e. The van der Waals surface area contributed by atoms with Crippen molar-refractivity contribution in [2.75, 3.05) is 26.2 Å². The van der Waals surface area contributed by atoms with Gasteiger partial charge in [-0.1, -0.05) is 6.42 Å². The summed E-state index contributed by atoms with van der Waals surface area (Å²) in [7, 11) is 0. The largest absolute Gasteiger partial charge is 0.375 e. The zero-order valence-electron chi connectivity index (χ0n) is 11.4. The number of rotatable bonds is 6. The van der Waals surface area contributed by atoms with Crippen LogP contribution in [0.1, 0.15) is 39.5 Å². The van der Waals surface area contributed by atoms with Gasteiger partial charge in [0.05, 0.1) is 12.7 Å². The molecule has 0 radical (unpaired) electrons. The zero-order valence-corrected chi connectivity index (χ0v) is 11.4. The second-order valence-corrected chi connectivity index (χ2v) is 4.81.